The van der Waals surface area contributed by atoms with Crippen molar-refractivity contribution in [3.05, 3.63) is 64.7 Å². The van der Waals surface area contributed by atoms with Gasteiger partial charge in [0.1, 0.15) is 5.60 Å². The van der Waals surface area contributed by atoms with Crippen molar-refractivity contribution in [2.24, 2.45) is 0 Å². The van der Waals surface area contributed by atoms with Gasteiger partial charge in [-0.3, -0.25) is 5.32 Å². The Kier molecular flexibility index (Phi) is 7.81. The Labute approximate surface area is 234 Å². The normalized spacial score (nSPS) is 20.1. The molecule has 1 aliphatic heterocycles. The third-order valence-electron chi connectivity index (χ3n) is 6.06. The molecule has 0 aliphatic carbocycles. The van der Waals surface area contributed by atoms with Gasteiger partial charge in [0.15, 0.2) is 5.69 Å². The number of rotatable bonds is 1. The van der Waals surface area contributed by atoms with E-state index >= 15 is 0 Å². The lowest BCUT2D eigenvalue weighted by Crippen LogP contribution is -2.43. The summed E-state index contributed by atoms with van der Waals surface area (Å²) in [6.45, 7) is 4.48. The average Bonchev–Trinajstić information content (AvgIpc) is 3.36. The Morgan fingerprint density at radius 2 is 1.88 bits per heavy atom. The van der Waals surface area contributed by atoms with E-state index < -0.39 is 75.5 Å². The molecular weight excluding hydrogens is 572 g/mol. The van der Waals surface area contributed by atoms with E-state index in [1.54, 1.807) is 6.07 Å². The van der Waals surface area contributed by atoms with Gasteiger partial charge in [0.05, 0.1) is 28.9 Å². The van der Waals surface area contributed by atoms with Crippen molar-refractivity contribution in [3.63, 3.8) is 0 Å². The van der Waals surface area contributed by atoms with Crippen LogP contribution in [0.15, 0.2) is 40.8 Å². The maximum atomic E-state index is 14.4. The van der Waals surface area contributed by atoms with Crippen molar-refractivity contribution in [1.82, 2.24) is 15.2 Å². The number of allylic oxidation sites excluding steroid dienone is 1. The zero-order chi connectivity index (χ0) is 31.1. The third-order valence-corrected chi connectivity index (χ3v) is 6.06. The van der Waals surface area contributed by atoms with Gasteiger partial charge in [0.25, 0.3) is 17.4 Å². The lowest BCUT2D eigenvalue weighted by molar-refractivity contribution is -0.255. The molecule has 222 valence electrons. The first-order valence-electron chi connectivity index (χ1n) is 12.4. The fourth-order valence-electron chi connectivity index (χ4n) is 4.18. The molecule has 0 saturated heterocycles. The second-order valence-electron chi connectivity index (χ2n) is 10.3. The minimum Gasteiger partial charge on any atom is -0.444 e. The Balaban J connectivity index is 2.02. The molecule has 1 aliphatic rings. The summed E-state index contributed by atoms with van der Waals surface area (Å²) in [6.07, 6.45) is -8.92. The zero-order valence-corrected chi connectivity index (χ0v) is 22.3. The maximum Gasteiger partial charge on any atom is 0.430 e. The maximum absolute atomic E-state index is 14.4. The zero-order valence-electron chi connectivity index (χ0n) is 22.3. The Bertz CT molecular complexity index is 1570. The van der Waals surface area contributed by atoms with Crippen molar-refractivity contribution < 1.29 is 45.4 Å². The van der Waals surface area contributed by atoms with Crippen LogP contribution in [0.1, 0.15) is 67.8 Å². The standard InChI is InChI=1S/C27H23F6N5O4/c1-24(2,3)42-23(39)35-18-12-17(26(28,29)30)19-15(13-34)9-5-4-7-14-8-6-10-16(11-14)25(40,27(31,32)33)22-38-37-21(41-22)20(18)36-19/h4,6-8,10-12,15,40H,5,9H2,1-3H3,(H,35,39)/b7-4-. The molecule has 6 bridgehead atoms. The molecule has 0 saturated carbocycles. The predicted octanol–water partition coefficient (Wildman–Crippen LogP) is 6.71. The number of carbonyl (C=O) groups excluding carboxylic acids is 1. The number of carbonyl (C=O) groups is 1. The fraction of sp³-hybridized carbons (Fsp3) is 0.370. The van der Waals surface area contributed by atoms with Crippen LogP contribution in [0.4, 0.5) is 36.8 Å². The van der Waals surface area contributed by atoms with E-state index in [4.69, 9.17) is 9.15 Å². The first kappa shape index (κ1) is 30.5. The van der Waals surface area contributed by atoms with Crippen molar-refractivity contribution in [1.29, 1.82) is 5.26 Å². The number of halogens is 6. The van der Waals surface area contributed by atoms with Gasteiger partial charge in [-0.2, -0.15) is 31.6 Å². The summed E-state index contributed by atoms with van der Waals surface area (Å²) in [7, 11) is 0. The van der Waals surface area contributed by atoms with Crippen LogP contribution in [0, 0.1) is 11.3 Å². The molecule has 3 aromatic rings. The number of nitrogens with one attached hydrogen (secondary N) is 1. The molecule has 2 unspecified atom stereocenters. The number of nitriles is 1. The number of pyridine rings is 1. The van der Waals surface area contributed by atoms with Crippen molar-refractivity contribution in [2.75, 3.05) is 5.32 Å². The van der Waals surface area contributed by atoms with Gasteiger partial charge >= 0.3 is 18.4 Å². The molecule has 0 fully saturated rings. The van der Waals surface area contributed by atoms with E-state index in [9.17, 15) is 41.5 Å². The molecule has 2 aromatic heterocycles. The number of hydrogen-bond acceptors (Lipinski definition) is 8. The number of amides is 1. The molecule has 0 radical (unpaired) electrons. The number of hydrogen-bond donors (Lipinski definition) is 2. The number of aliphatic hydroxyl groups is 1. The molecule has 9 nitrogen and oxygen atoms in total. The first-order chi connectivity index (χ1) is 19.4. The number of nitrogens with zero attached hydrogens (tertiary/aromatic N) is 4. The Morgan fingerprint density at radius 1 is 1.17 bits per heavy atom. The van der Waals surface area contributed by atoms with E-state index in [-0.39, 0.29) is 18.4 Å². The largest absolute Gasteiger partial charge is 0.444 e. The molecule has 2 N–H and O–H groups in total. The van der Waals surface area contributed by atoms with Gasteiger partial charge in [-0.1, -0.05) is 30.4 Å². The summed E-state index contributed by atoms with van der Waals surface area (Å²) < 4.78 is 96.2. The van der Waals surface area contributed by atoms with Gasteiger partial charge in [-0.05, 0) is 51.3 Å². The number of fused-ring (bicyclic) bond motifs is 7. The quantitative estimate of drug-likeness (QED) is 0.297. The van der Waals surface area contributed by atoms with Crippen molar-refractivity contribution in [2.45, 2.75) is 63.1 Å². The van der Waals surface area contributed by atoms with Crippen LogP contribution in [0.2, 0.25) is 0 Å². The number of benzene rings is 1. The second kappa shape index (κ2) is 10.8. The summed E-state index contributed by atoms with van der Waals surface area (Å²) in [6, 6.07) is 6.96. The molecule has 1 aromatic carbocycles. The molecule has 15 heteroatoms. The molecular formula is C27H23F6N5O4. The van der Waals surface area contributed by atoms with Crippen molar-refractivity contribution >= 4 is 17.9 Å². The first-order valence-corrected chi connectivity index (χ1v) is 12.4. The fourth-order valence-corrected chi connectivity index (χ4v) is 4.18. The van der Waals surface area contributed by atoms with Crippen LogP contribution in [-0.4, -0.2) is 38.2 Å². The highest BCUT2D eigenvalue weighted by Crippen LogP contribution is 2.46. The van der Waals surface area contributed by atoms with Crippen LogP contribution in [0.3, 0.4) is 0 Å². The van der Waals surface area contributed by atoms with E-state index in [0.29, 0.717) is 6.07 Å². The molecule has 42 heavy (non-hydrogen) atoms. The Morgan fingerprint density at radius 3 is 2.50 bits per heavy atom. The number of ether oxygens (including phenoxy) is 1. The molecule has 2 atom stereocenters. The van der Waals surface area contributed by atoms with E-state index in [0.717, 1.165) is 12.1 Å². The van der Waals surface area contributed by atoms with Gasteiger partial charge in [0, 0.05) is 5.56 Å². The number of anilines is 1. The monoisotopic (exact) mass is 595 g/mol. The summed E-state index contributed by atoms with van der Waals surface area (Å²) in [5, 5.41) is 29.8. The van der Waals surface area contributed by atoms with Crippen LogP contribution in [0.5, 0.6) is 0 Å². The molecule has 0 spiro atoms. The SMILES string of the molecule is CC(C)(C)OC(=O)Nc1cc(C(F)(F)F)c2nc1-c1nnc(o1)C(O)(C(F)(F)F)c1cccc(c1)/C=C\CCC2C#N. The van der Waals surface area contributed by atoms with Gasteiger partial charge < -0.3 is 14.3 Å². The topological polar surface area (TPSA) is 134 Å². The highest BCUT2D eigenvalue weighted by molar-refractivity contribution is 5.89. The van der Waals surface area contributed by atoms with Crippen molar-refractivity contribution in [3.8, 4) is 17.7 Å². The lowest BCUT2D eigenvalue weighted by atomic mass is 9.91. The summed E-state index contributed by atoms with van der Waals surface area (Å²) in [4.78, 5) is 16.5. The van der Waals surface area contributed by atoms with E-state index in [1.807, 2.05) is 0 Å². The number of aromatic nitrogens is 3. The van der Waals surface area contributed by atoms with Crippen LogP contribution >= 0.6 is 0 Å². The van der Waals surface area contributed by atoms with Gasteiger partial charge in [-0.15, -0.1) is 10.2 Å². The number of alkyl halides is 6. The van der Waals surface area contributed by atoms with Crippen LogP contribution in [-0.2, 0) is 16.5 Å². The second-order valence-corrected chi connectivity index (χ2v) is 10.3. The van der Waals surface area contributed by atoms with Gasteiger partial charge in [0.2, 0.25) is 0 Å². The van der Waals surface area contributed by atoms with Gasteiger partial charge in [-0.25, -0.2) is 9.78 Å². The highest BCUT2D eigenvalue weighted by atomic mass is 19.4. The predicted molar refractivity (Wildman–Crippen MR) is 135 cm³/mol. The minimum atomic E-state index is -5.39. The van der Waals surface area contributed by atoms with E-state index in [2.05, 4.69) is 20.5 Å². The smallest absolute Gasteiger partial charge is 0.430 e. The average molecular weight is 596 g/mol. The van der Waals surface area contributed by atoms with Crippen LogP contribution in [0.25, 0.3) is 17.7 Å². The summed E-state index contributed by atoms with van der Waals surface area (Å²) >= 11 is 0. The van der Waals surface area contributed by atoms with Crippen LogP contribution < -0.4 is 5.32 Å². The highest BCUT2D eigenvalue weighted by Gasteiger charge is 2.60. The minimum absolute atomic E-state index is 0.0440. The molecule has 1 amide bonds. The Hall–Kier alpha value is -4.45. The van der Waals surface area contributed by atoms with E-state index in [1.165, 1.54) is 45.1 Å². The lowest BCUT2D eigenvalue weighted by Gasteiger charge is -2.27. The summed E-state index contributed by atoms with van der Waals surface area (Å²) in [5.74, 6) is -3.66. The summed E-state index contributed by atoms with van der Waals surface area (Å²) in [5.41, 5.74) is -8.89. The molecule has 3 heterocycles. The molecule has 4 rings (SSSR count). The third kappa shape index (κ3) is 6.08.